The van der Waals surface area contributed by atoms with Crippen LogP contribution in [0.15, 0.2) is 23.1 Å². The van der Waals surface area contributed by atoms with Gasteiger partial charge in [-0.05, 0) is 35.7 Å². The maximum atomic E-state index is 10.4. The van der Waals surface area contributed by atoms with Gasteiger partial charge in [-0.15, -0.1) is 0 Å². The van der Waals surface area contributed by atoms with E-state index in [1.54, 1.807) is 12.1 Å². The molecule has 0 aliphatic carbocycles. The highest BCUT2D eigenvalue weighted by molar-refractivity contribution is 7.79. The smallest absolute Gasteiger partial charge is 0.0558 e. The maximum absolute atomic E-state index is 10.4. The van der Waals surface area contributed by atoms with Gasteiger partial charge in [-0.3, -0.25) is 4.21 Å². The van der Waals surface area contributed by atoms with Crippen LogP contribution in [-0.2, 0) is 11.1 Å². The first-order valence-electron chi connectivity index (χ1n) is 2.96. The fourth-order valence-corrected chi connectivity index (χ4v) is 1.56. The molecule has 1 atom stereocenters. The fraction of sp³-hybridized carbons (Fsp3) is 0.143. The lowest BCUT2D eigenvalue weighted by molar-refractivity contribution is 0.537. The van der Waals surface area contributed by atoms with Crippen molar-refractivity contribution in [3.8, 4) is 0 Å². The van der Waals surface area contributed by atoms with Crippen LogP contribution in [0.2, 0.25) is 5.02 Å². The van der Waals surface area contributed by atoms with Gasteiger partial charge in [-0.1, -0.05) is 17.7 Å². The molecule has 0 aliphatic rings. The molecule has 11 heavy (non-hydrogen) atoms. The standard InChI is InChI=1S/C7H7ClO2S/c1-5-2-3-7(11(9)10)6(8)4-5/h2-4H,1H3,(H,9,10)/p-1. The van der Waals surface area contributed by atoms with Crippen molar-refractivity contribution >= 4 is 22.7 Å². The Balaban J connectivity index is 3.20. The second-order valence-corrected chi connectivity index (χ2v) is 3.49. The Morgan fingerprint density at radius 3 is 2.64 bits per heavy atom. The van der Waals surface area contributed by atoms with E-state index in [0.29, 0.717) is 0 Å². The molecule has 1 unspecified atom stereocenters. The molecule has 0 N–H and O–H groups in total. The van der Waals surface area contributed by atoms with Crippen LogP contribution in [0.25, 0.3) is 0 Å². The summed E-state index contributed by atoms with van der Waals surface area (Å²) in [5.41, 5.74) is 0.948. The summed E-state index contributed by atoms with van der Waals surface area (Å²) in [6, 6.07) is 4.81. The van der Waals surface area contributed by atoms with E-state index in [1.165, 1.54) is 6.07 Å². The quantitative estimate of drug-likeness (QED) is 0.633. The summed E-state index contributed by atoms with van der Waals surface area (Å²) in [5, 5.41) is 0.276. The molecule has 0 bridgehead atoms. The molecule has 60 valence electrons. The Bertz CT molecular complexity index is 298. The molecule has 0 amide bonds. The zero-order valence-corrected chi connectivity index (χ0v) is 7.41. The average Bonchev–Trinajstić information content (AvgIpc) is 1.85. The van der Waals surface area contributed by atoms with Crippen molar-refractivity contribution in [1.29, 1.82) is 0 Å². The van der Waals surface area contributed by atoms with E-state index in [9.17, 15) is 8.76 Å². The van der Waals surface area contributed by atoms with Crippen molar-refractivity contribution in [2.24, 2.45) is 0 Å². The highest BCUT2D eigenvalue weighted by atomic mass is 35.5. The van der Waals surface area contributed by atoms with Crippen LogP contribution in [0.4, 0.5) is 0 Å². The predicted molar refractivity (Wildman–Crippen MR) is 43.4 cm³/mol. The Labute approximate surface area is 72.5 Å². The molecule has 0 aliphatic heterocycles. The second kappa shape index (κ2) is 3.34. The lowest BCUT2D eigenvalue weighted by Crippen LogP contribution is -1.89. The van der Waals surface area contributed by atoms with Crippen LogP contribution >= 0.6 is 11.6 Å². The van der Waals surface area contributed by atoms with E-state index < -0.39 is 11.1 Å². The third kappa shape index (κ3) is 2.02. The molecule has 4 heteroatoms. The minimum Gasteiger partial charge on any atom is -0.768 e. The van der Waals surface area contributed by atoms with Gasteiger partial charge in [0.05, 0.1) is 5.02 Å². The monoisotopic (exact) mass is 189 g/mol. The van der Waals surface area contributed by atoms with Crippen LogP contribution in [-0.4, -0.2) is 8.76 Å². The summed E-state index contributed by atoms with van der Waals surface area (Å²) in [4.78, 5) is 0.150. The number of rotatable bonds is 1. The number of hydrogen-bond acceptors (Lipinski definition) is 2. The lowest BCUT2D eigenvalue weighted by atomic mass is 10.2. The maximum Gasteiger partial charge on any atom is 0.0558 e. The molecule has 0 spiro atoms. The number of halogens is 1. The van der Waals surface area contributed by atoms with E-state index in [0.717, 1.165) is 5.56 Å². The van der Waals surface area contributed by atoms with Gasteiger partial charge < -0.3 is 4.55 Å². The molecule has 1 rings (SSSR count). The van der Waals surface area contributed by atoms with E-state index in [2.05, 4.69) is 0 Å². The number of aryl methyl sites for hydroxylation is 1. The van der Waals surface area contributed by atoms with Gasteiger partial charge >= 0.3 is 0 Å². The van der Waals surface area contributed by atoms with Gasteiger partial charge in [0.1, 0.15) is 0 Å². The molecule has 0 radical (unpaired) electrons. The van der Waals surface area contributed by atoms with Crippen molar-refractivity contribution in [2.75, 3.05) is 0 Å². The molecule has 0 aromatic heterocycles. The summed E-state index contributed by atoms with van der Waals surface area (Å²) >= 11 is 3.40. The summed E-state index contributed by atoms with van der Waals surface area (Å²) in [6.45, 7) is 1.85. The number of benzene rings is 1. The van der Waals surface area contributed by atoms with Crippen molar-refractivity contribution in [3.05, 3.63) is 28.8 Å². The van der Waals surface area contributed by atoms with Gasteiger partial charge in [-0.25, -0.2) is 0 Å². The fourth-order valence-electron chi connectivity index (χ4n) is 0.741. The lowest BCUT2D eigenvalue weighted by Gasteiger charge is -2.06. The van der Waals surface area contributed by atoms with E-state index >= 15 is 0 Å². The molecule has 1 aromatic rings. The first-order chi connectivity index (χ1) is 5.11. The molecule has 1 aromatic carbocycles. The first-order valence-corrected chi connectivity index (χ1v) is 4.42. The Morgan fingerprint density at radius 2 is 2.18 bits per heavy atom. The predicted octanol–water partition coefficient (Wildman–Crippen LogP) is 1.89. The summed E-state index contributed by atoms with van der Waals surface area (Å²) in [5.74, 6) is 0. The summed E-state index contributed by atoms with van der Waals surface area (Å²) in [7, 11) is 0. The van der Waals surface area contributed by atoms with Crippen molar-refractivity contribution < 1.29 is 8.76 Å². The van der Waals surface area contributed by atoms with E-state index in [4.69, 9.17) is 11.6 Å². The first kappa shape index (κ1) is 8.71. The third-order valence-corrected chi connectivity index (χ3v) is 2.41. The molecular weight excluding hydrogens is 184 g/mol. The molecule has 0 saturated carbocycles. The molecule has 0 fully saturated rings. The third-order valence-electron chi connectivity index (χ3n) is 1.27. The average molecular weight is 190 g/mol. The van der Waals surface area contributed by atoms with Gasteiger partial charge in [0, 0.05) is 4.90 Å². The highest BCUT2D eigenvalue weighted by Crippen LogP contribution is 2.19. The summed E-state index contributed by atoms with van der Waals surface area (Å²) in [6.07, 6.45) is 0. The largest absolute Gasteiger partial charge is 0.768 e. The zero-order valence-electron chi connectivity index (χ0n) is 5.83. The van der Waals surface area contributed by atoms with Crippen LogP contribution in [0.1, 0.15) is 5.56 Å². The topological polar surface area (TPSA) is 40.1 Å². The Hall–Kier alpha value is -0.380. The molecule has 2 nitrogen and oxygen atoms in total. The highest BCUT2D eigenvalue weighted by Gasteiger charge is 1.98. The molecule has 0 heterocycles. The van der Waals surface area contributed by atoms with Crippen LogP contribution in [0, 0.1) is 6.92 Å². The minimum absolute atomic E-state index is 0.150. The molecular formula is C7H6ClO2S-. The van der Waals surface area contributed by atoms with Gasteiger partial charge in [0.15, 0.2) is 0 Å². The zero-order chi connectivity index (χ0) is 8.43. The van der Waals surface area contributed by atoms with Crippen molar-refractivity contribution in [2.45, 2.75) is 11.8 Å². The minimum atomic E-state index is -2.23. The van der Waals surface area contributed by atoms with Crippen LogP contribution in [0.3, 0.4) is 0 Å². The van der Waals surface area contributed by atoms with Crippen LogP contribution in [0.5, 0.6) is 0 Å². The van der Waals surface area contributed by atoms with E-state index in [-0.39, 0.29) is 9.92 Å². The van der Waals surface area contributed by atoms with Gasteiger partial charge in [0.2, 0.25) is 0 Å². The second-order valence-electron chi connectivity index (χ2n) is 2.17. The SMILES string of the molecule is Cc1ccc(S(=O)[O-])c(Cl)c1. The van der Waals surface area contributed by atoms with Gasteiger partial charge in [-0.2, -0.15) is 0 Å². The van der Waals surface area contributed by atoms with Crippen LogP contribution < -0.4 is 0 Å². The molecule has 0 saturated heterocycles. The van der Waals surface area contributed by atoms with E-state index in [1.807, 2.05) is 6.92 Å². The van der Waals surface area contributed by atoms with Crippen molar-refractivity contribution in [1.82, 2.24) is 0 Å². The summed E-state index contributed by atoms with van der Waals surface area (Å²) < 4.78 is 20.9. The Morgan fingerprint density at radius 1 is 1.55 bits per heavy atom. The number of hydrogen-bond donors (Lipinski definition) is 0. The normalized spacial score (nSPS) is 13.0. The Kier molecular flexibility index (Phi) is 2.65. The van der Waals surface area contributed by atoms with Crippen molar-refractivity contribution in [3.63, 3.8) is 0 Å². The van der Waals surface area contributed by atoms with Gasteiger partial charge in [0.25, 0.3) is 0 Å².